The largest absolute Gasteiger partial charge is 0.363 e. The Bertz CT molecular complexity index is 1120. The van der Waals surface area contributed by atoms with E-state index in [1.54, 1.807) is 11.1 Å². The predicted octanol–water partition coefficient (Wildman–Crippen LogP) is 1.97. The number of carbonyl (C=O) groups is 6. The van der Waals surface area contributed by atoms with Crippen LogP contribution in [0.5, 0.6) is 0 Å². The highest BCUT2D eigenvalue weighted by Gasteiger charge is 2.43. The van der Waals surface area contributed by atoms with E-state index >= 15 is 0 Å². The number of rotatable bonds is 11. The van der Waals surface area contributed by atoms with Gasteiger partial charge in [0.1, 0.15) is 12.1 Å². The second kappa shape index (κ2) is 13.9. The van der Waals surface area contributed by atoms with Crippen LogP contribution in [-0.4, -0.2) is 82.5 Å². The molecule has 4 atom stereocenters. The Morgan fingerprint density at radius 2 is 1.63 bits per heavy atom. The van der Waals surface area contributed by atoms with Gasteiger partial charge in [0.05, 0.1) is 12.1 Å². The average molecular weight is 603 g/mol. The summed E-state index contributed by atoms with van der Waals surface area (Å²) in [6.07, 6.45) is 8.99. The molecule has 240 valence electrons. The Kier molecular flexibility index (Phi) is 11.0. The van der Waals surface area contributed by atoms with E-state index in [2.05, 4.69) is 16.0 Å². The minimum absolute atomic E-state index is 0.00693. The number of amides is 6. The summed E-state index contributed by atoms with van der Waals surface area (Å²) in [5.74, 6) is -2.61. The highest BCUT2D eigenvalue weighted by Crippen LogP contribution is 2.31. The van der Waals surface area contributed by atoms with Crippen LogP contribution < -0.4 is 21.7 Å². The van der Waals surface area contributed by atoms with Gasteiger partial charge in [-0.15, -0.1) is 0 Å². The maximum atomic E-state index is 13.9. The fourth-order valence-corrected chi connectivity index (χ4v) is 5.71. The number of carbonyl (C=O) groups excluding carboxylic acids is 6. The zero-order valence-electron chi connectivity index (χ0n) is 26.5. The predicted molar refractivity (Wildman–Crippen MR) is 161 cm³/mol. The molecule has 2 aliphatic heterocycles. The number of hydrogen-bond acceptors (Lipinski definition) is 6. The van der Waals surface area contributed by atoms with E-state index in [0.29, 0.717) is 45.2 Å². The lowest BCUT2D eigenvalue weighted by Gasteiger charge is -2.38. The minimum Gasteiger partial charge on any atom is -0.363 e. The van der Waals surface area contributed by atoms with Crippen molar-refractivity contribution in [3.63, 3.8) is 0 Å². The lowest BCUT2D eigenvalue weighted by Crippen LogP contribution is -2.61. The minimum atomic E-state index is -1.10. The number of urea groups is 1. The van der Waals surface area contributed by atoms with Crippen molar-refractivity contribution < 1.29 is 28.8 Å². The Balaban J connectivity index is 1.72. The number of hydrogen-bond donors (Lipinski definition) is 4. The van der Waals surface area contributed by atoms with E-state index in [1.165, 1.54) is 4.90 Å². The summed E-state index contributed by atoms with van der Waals surface area (Å²) >= 11 is 0. The van der Waals surface area contributed by atoms with Gasteiger partial charge in [0, 0.05) is 25.7 Å². The molecule has 1 saturated heterocycles. The molecular formula is C31H50N6O6. The number of nitrogens with two attached hydrogens (primary N) is 1. The molecule has 3 aliphatic rings. The van der Waals surface area contributed by atoms with Gasteiger partial charge < -0.3 is 31.5 Å². The van der Waals surface area contributed by atoms with Gasteiger partial charge in [-0.2, -0.15) is 0 Å². The smallest absolute Gasteiger partial charge is 0.315 e. The molecule has 0 aromatic carbocycles. The van der Waals surface area contributed by atoms with E-state index in [1.807, 2.05) is 47.6 Å². The number of allylic oxidation sites excluding steroid dienone is 1. The standard InChI is InChI=1S/C31H50N6O6/c1-30(2,3)22(18-36-15-8-7-14-23(36)38)34-29(43)35-25(31(4,5)6)28(42)37-16-10-13-21(37)27(41)33-20(24(39)26(32)40)17-19-11-9-12-19/h8,15,19-22,25H,7,9-14,16-18H2,1-6H3,(H2,32,40)(H,33,41)(H2,34,35,43)/t20?,21?,22?,25-/m1/s1. The van der Waals surface area contributed by atoms with Crippen LogP contribution in [0.15, 0.2) is 12.3 Å². The fraction of sp³-hybridized carbons (Fsp3) is 0.742. The van der Waals surface area contributed by atoms with Crippen LogP contribution in [-0.2, 0) is 24.0 Å². The third-order valence-electron chi connectivity index (χ3n) is 8.76. The third-order valence-corrected chi connectivity index (χ3v) is 8.76. The summed E-state index contributed by atoms with van der Waals surface area (Å²) < 4.78 is 0. The second-order valence-corrected chi connectivity index (χ2v) is 14.3. The van der Waals surface area contributed by atoms with E-state index in [-0.39, 0.29) is 17.2 Å². The van der Waals surface area contributed by atoms with E-state index < -0.39 is 59.1 Å². The van der Waals surface area contributed by atoms with Gasteiger partial charge in [-0.25, -0.2) is 4.79 Å². The van der Waals surface area contributed by atoms with Gasteiger partial charge in [0.15, 0.2) is 0 Å². The molecule has 1 saturated carbocycles. The Morgan fingerprint density at radius 3 is 2.16 bits per heavy atom. The highest BCUT2D eigenvalue weighted by atomic mass is 16.2. The SMILES string of the molecule is CC(C)(C)C(CN1C=CCCC1=O)NC(=O)N[C@H](C(=O)N1CCCC1C(=O)NC(CC1CCC1)C(=O)C(N)=O)C(C)(C)C. The molecule has 2 heterocycles. The van der Waals surface area contributed by atoms with Crippen molar-refractivity contribution in [2.24, 2.45) is 22.5 Å². The molecular weight excluding hydrogens is 552 g/mol. The summed E-state index contributed by atoms with van der Waals surface area (Å²) in [5, 5.41) is 8.53. The number of nitrogens with one attached hydrogen (secondary N) is 3. The lowest BCUT2D eigenvalue weighted by atomic mass is 9.80. The Labute approximate surface area is 254 Å². The van der Waals surface area contributed by atoms with Gasteiger partial charge >= 0.3 is 6.03 Å². The first-order chi connectivity index (χ1) is 20.0. The molecule has 0 aromatic rings. The molecule has 0 bridgehead atoms. The van der Waals surface area contributed by atoms with Crippen LogP contribution in [0.4, 0.5) is 4.79 Å². The summed E-state index contributed by atoms with van der Waals surface area (Å²) in [6, 6.07) is -3.78. The fourth-order valence-electron chi connectivity index (χ4n) is 5.71. The topological polar surface area (TPSA) is 171 Å². The summed E-state index contributed by atoms with van der Waals surface area (Å²) in [5.41, 5.74) is 4.17. The van der Waals surface area contributed by atoms with Gasteiger partial charge in [0.2, 0.25) is 23.5 Å². The summed E-state index contributed by atoms with van der Waals surface area (Å²) in [6.45, 7) is 12.0. The van der Waals surface area contributed by atoms with Crippen molar-refractivity contribution in [1.29, 1.82) is 0 Å². The molecule has 0 radical (unpaired) electrons. The quantitative estimate of drug-likeness (QED) is 0.263. The number of nitrogens with zero attached hydrogens (tertiary/aromatic N) is 2. The van der Waals surface area contributed by atoms with Crippen molar-refractivity contribution in [2.45, 2.75) is 117 Å². The highest BCUT2D eigenvalue weighted by molar-refractivity contribution is 6.37. The molecule has 5 N–H and O–H groups in total. The molecule has 2 fully saturated rings. The second-order valence-electron chi connectivity index (χ2n) is 14.3. The Hall–Kier alpha value is -3.44. The molecule has 3 unspecified atom stereocenters. The van der Waals surface area contributed by atoms with E-state index in [9.17, 15) is 28.8 Å². The normalized spacial score (nSPS) is 21.4. The van der Waals surface area contributed by atoms with Gasteiger partial charge in [-0.3, -0.25) is 24.0 Å². The molecule has 12 nitrogen and oxygen atoms in total. The number of ketones is 1. The monoisotopic (exact) mass is 602 g/mol. The number of primary amides is 1. The molecule has 43 heavy (non-hydrogen) atoms. The zero-order chi connectivity index (χ0) is 32.1. The molecule has 6 amide bonds. The summed E-state index contributed by atoms with van der Waals surface area (Å²) in [4.78, 5) is 80.3. The lowest BCUT2D eigenvalue weighted by molar-refractivity contribution is -0.143. The number of Topliss-reactive ketones (excluding diaryl/α,β-unsaturated/α-hetero) is 1. The Morgan fingerprint density at radius 1 is 0.953 bits per heavy atom. The zero-order valence-corrected chi connectivity index (χ0v) is 26.5. The van der Waals surface area contributed by atoms with Gasteiger partial charge in [-0.05, 0) is 42.4 Å². The first kappa shape index (κ1) is 34.1. The molecule has 12 heteroatoms. The molecule has 3 rings (SSSR count). The maximum absolute atomic E-state index is 13.9. The van der Waals surface area contributed by atoms with Crippen molar-refractivity contribution in [3.05, 3.63) is 12.3 Å². The summed E-state index contributed by atoms with van der Waals surface area (Å²) in [7, 11) is 0. The molecule has 0 aromatic heterocycles. The maximum Gasteiger partial charge on any atom is 0.315 e. The van der Waals surface area contributed by atoms with Crippen molar-refractivity contribution in [2.75, 3.05) is 13.1 Å². The van der Waals surface area contributed by atoms with Crippen LogP contribution >= 0.6 is 0 Å². The first-order valence-corrected chi connectivity index (χ1v) is 15.5. The molecule has 1 aliphatic carbocycles. The van der Waals surface area contributed by atoms with Crippen LogP contribution in [0.1, 0.15) is 92.9 Å². The van der Waals surface area contributed by atoms with Crippen molar-refractivity contribution in [3.8, 4) is 0 Å². The number of likely N-dealkylation sites (tertiary alicyclic amines) is 1. The first-order valence-electron chi connectivity index (χ1n) is 15.5. The van der Waals surface area contributed by atoms with Gasteiger partial charge in [0.25, 0.3) is 5.91 Å². The molecule has 0 spiro atoms. The van der Waals surface area contributed by atoms with E-state index in [0.717, 1.165) is 19.3 Å². The van der Waals surface area contributed by atoms with Crippen LogP contribution in [0.25, 0.3) is 0 Å². The van der Waals surface area contributed by atoms with Gasteiger partial charge in [-0.1, -0.05) is 66.9 Å². The average Bonchev–Trinajstić information content (AvgIpc) is 3.37. The van der Waals surface area contributed by atoms with Crippen LogP contribution in [0.3, 0.4) is 0 Å². The van der Waals surface area contributed by atoms with E-state index in [4.69, 9.17) is 5.73 Å². The van der Waals surface area contributed by atoms with Crippen molar-refractivity contribution >= 4 is 35.4 Å². The van der Waals surface area contributed by atoms with Crippen LogP contribution in [0.2, 0.25) is 0 Å². The van der Waals surface area contributed by atoms with Crippen molar-refractivity contribution in [1.82, 2.24) is 25.8 Å². The van der Waals surface area contributed by atoms with Crippen LogP contribution in [0, 0.1) is 16.7 Å². The third kappa shape index (κ3) is 9.03.